The average molecular weight is 361 g/mol. The van der Waals surface area contributed by atoms with E-state index in [0.29, 0.717) is 30.8 Å². The molecule has 1 aliphatic rings. The molecule has 0 radical (unpaired) electrons. The van der Waals surface area contributed by atoms with E-state index in [2.05, 4.69) is 29.3 Å². The van der Waals surface area contributed by atoms with Crippen LogP contribution in [-0.4, -0.2) is 47.2 Å². The Morgan fingerprint density at radius 3 is 2.79 bits per heavy atom. The van der Waals surface area contributed by atoms with Crippen LogP contribution in [0.1, 0.15) is 57.9 Å². The highest BCUT2D eigenvalue weighted by Crippen LogP contribution is 2.16. The quantitative estimate of drug-likeness (QED) is 0.803. The summed E-state index contributed by atoms with van der Waals surface area (Å²) in [5, 5.41) is 7.21. The SMILES string of the molecule is CC(C)COC(C)c1noc(CN(C)C(=O)[C@H]2CCCCN2)n1.Cl. The van der Waals surface area contributed by atoms with Crippen LogP contribution in [0.25, 0.3) is 0 Å². The summed E-state index contributed by atoms with van der Waals surface area (Å²) in [6.07, 6.45) is 2.90. The Balaban J connectivity index is 0.00000288. The number of hydrogen-bond acceptors (Lipinski definition) is 6. The molecule has 1 unspecified atom stereocenters. The third-order valence-corrected chi connectivity index (χ3v) is 3.88. The van der Waals surface area contributed by atoms with Crippen LogP contribution >= 0.6 is 12.4 Å². The zero-order valence-corrected chi connectivity index (χ0v) is 15.8. The summed E-state index contributed by atoms with van der Waals surface area (Å²) in [6, 6.07) is -0.0931. The van der Waals surface area contributed by atoms with Crippen LogP contribution in [0, 0.1) is 5.92 Å². The van der Waals surface area contributed by atoms with Gasteiger partial charge in [0.05, 0.1) is 12.6 Å². The number of piperidine rings is 1. The molecule has 2 heterocycles. The number of nitrogens with one attached hydrogen (secondary N) is 1. The molecule has 0 aliphatic carbocycles. The van der Waals surface area contributed by atoms with Gasteiger partial charge < -0.3 is 19.5 Å². The van der Waals surface area contributed by atoms with Gasteiger partial charge in [0.15, 0.2) is 5.82 Å². The summed E-state index contributed by atoms with van der Waals surface area (Å²) >= 11 is 0. The predicted molar refractivity (Wildman–Crippen MR) is 92.9 cm³/mol. The minimum absolute atomic E-state index is 0. The van der Waals surface area contributed by atoms with Gasteiger partial charge in [-0.1, -0.05) is 25.4 Å². The van der Waals surface area contributed by atoms with Crippen molar-refractivity contribution < 1.29 is 14.1 Å². The highest BCUT2D eigenvalue weighted by Gasteiger charge is 2.25. The normalized spacial score (nSPS) is 19.0. The van der Waals surface area contributed by atoms with Crippen molar-refractivity contribution >= 4 is 18.3 Å². The van der Waals surface area contributed by atoms with E-state index in [4.69, 9.17) is 9.26 Å². The summed E-state index contributed by atoms with van der Waals surface area (Å²) in [5.41, 5.74) is 0. The molecule has 24 heavy (non-hydrogen) atoms. The highest BCUT2D eigenvalue weighted by atomic mass is 35.5. The van der Waals surface area contributed by atoms with Gasteiger partial charge >= 0.3 is 0 Å². The van der Waals surface area contributed by atoms with Gasteiger partial charge in [0, 0.05) is 13.7 Å². The molecular formula is C16H29ClN4O3. The maximum Gasteiger partial charge on any atom is 0.246 e. The Bertz CT molecular complexity index is 503. The summed E-state index contributed by atoms with van der Waals surface area (Å²) in [6.45, 7) is 7.96. The van der Waals surface area contributed by atoms with Gasteiger partial charge in [-0.15, -0.1) is 12.4 Å². The molecular weight excluding hydrogens is 332 g/mol. The van der Waals surface area contributed by atoms with E-state index in [1.54, 1.807) is 11.9 Å². The molecule has 7 nitrogen and oxygen atoms in total. The number of halogens is 1. The lowest BCUT2D eigenvalue weighted by atomic mass is 10.0. The van der Waals surface area contributed by atoms with Gasteiger partial charge in [0.25, 0.3) is 0 Å². The molecule has 2 rings (SSSR count). The fourth-order valence-corrected chi connectivity index (χ4v) is 2.52. The van der Waals surface area contributed by atoms with Crippen LogP contribution < -0.4 is 5.32 Å². The average Bonchev–Trinajstić information content (AvgIpc) is 3.01. The van der Waals surface area contributed by atoms with Gasteiger partial charge in [-0.25, -0.2) is 0 Å². The van der Waals surface area contributed by atoms with Crippen molar-refractivity contribution in [2.24, 2.45) is 5.92 Å². The molecule has 138 valence electrons. The molecule has 1 aromatic heterocycles. The molecule has 0 aromatic carbocycles. The van der Waals surface area contributed by atoms with E-state index in [1.807, 2.05) is 6.92 Å². The standard InChI is InChI=1S/C16H28N4O3.ClH/c1-11(2)10-22-12(3)15-18-14(23-19-15)9-20(4)16(21)13-7-5-6-8-17-13;/h11-13,17H,5-10H2,1-4H3;1H/t12?,13-;/m1./s1. The summed E-state index contributed by atoms with van der Waals surface area (Å²) in [7, 11) is 1.77. The predicted octanol–water partition coefficient (Wildman–Crippen LogP) is 2.33. The van der Waals surface area contributed by atoms with Crippen LogP contribution in [0.3, 0.4) is 0 Å². The number of carbonyl (C=O) groups excluding carboxylic acids is 1. The molecule has 1 fully saturated rings. The molecule has 0 spiro atoms. The second kappa shape index (κ2) is 9.96. The molecule has 0 saturated carbocycles. The Morgan fingerprint density at radius 1 is 1.42 bits per heavy atom. The summed E-state index contributed by atoms with van der Waals surface area (Å²) < 4.78 is 10.9. The molecule has 1 N–H and O–H groups in total. The minimum Gasteiger partial charge on any atom is -0.370 e. The van der Waals surface area contributed by atoms with E-state index >= 15 is 0 Å². The first-order valence-corrected chi connectivity index (χ1v) is 8.39. The lowest BCUT2D eigenvalue weighted by Gasteiger charge is -2.26. The van der Waals surface area contributed by atoms with Crippen LogP contribution in [-0.2, 0) is 16.1 Å². The lowest BCUT2D eigenvalue weighted by Crippen LogP contribution is -2.47. The van der Waals surface area contributed by atoms with E-state index in [0.717, 1.165) is 25.8 Å². The van der Waals surface area contributed by atoms with E-state index in [9.17, 15) is 4.79 Å². The number of ether oxygens (including phenoxy) is 1. The van der Waals surface area contributed by atoms with Gasteiger partial charge in [-0.05, 0) is 32.2 Å². The number of amides is 1. The van der Waals surface area contributed by atoms with Gasteiger partial charge in [-0.2, -0.15) is 4.98 Å². The number of aromatic nitrogens is 2. The maximum atomic E-state index is 12.4. The molecule has 2 atom stereocenters. The topological polar surface area (TPSA) is 80.5 Å². The smallest absolute Gasteiger partial charge is 0.246 e. The molecule has 1 amide bonds. The van der Waals surface area contributed by atoms with Crippen molar-refractivity contribution in [3.8, 4) is 0 Å². The second-order valence-electron chi connectivity index (χ2n) is 6.61. The van der Waals surface area contributed by atoms with Crippen LogP contribution in [0.5, 0.6) is 0 Å². The largest absolute Gasteiger partial charge is 0.370 e. The number of nitrogens with zero attached hydrogens (tertiary/aromatic N) is 3. The first-order chi connectivity index (χ1) is 11.0. The minimum atomic E-state index is -0.212. The Hall–Kier alpha value is -1.18. The first kappa shape index (κ1) is 20.9. The van der Waals surface area contributed by atoms with E-state index < -0.39 is 0 Å². The fraction of sp³-hybridized carbons (Fsp3) is 0.812. The maximum absolute atomic E-state index is 12.4. The second-order valence-corrected chi connectivity index (χ2v) is 6.61. The molecule has 8 heteroatoms. The monoisotopic (exact) mass is 360 g/mol. The number of likely N-dealkylation sites (N-methyl/N-ethyl adjacent to an activating group) is 1. The van der Waals surface area contributed by atoms with Gasteiger partial charge in [-0.3, -0.25) is 4.79 Å². The van der Waals surface area contributed by atoms with Crippen molar-refractivity contribution in [3.05, 3.63) is 11.7 Å². The van der Waals surface area contributed by atoms with Crippen molar-refractivity contribution in [1.29, 1.82) is 0 Å². The van der Waals surface area contributed by atoms with Crippen molar-refractivity contribution in [2.75, 3.05) is 20.2 Å². The summed E-state index contributed by atoms with van der Waals surface area (Å²) in [5.74, 6) is 1.49. The van der Waals surface area contributed by atoms with E-state index in [-0.39, 0.29) is 30.5 Å². The van der Waals surface area contributed by atoms with Crippen molar-refractivity contribution in [1.82, 2.24) is 20.4 Å². The van der Waals surface area contributed by atoms with Crippen LogP contribution in [0.2, 0.25) is 0 Å². The van der Waals surface area contributed by atoms with Crippen molar-refractivity contribution in [2.45, 2.75) is 58.7 Å². The number of rotatable bonds is 7. The molecule has 1 aromatic rings. The number of carbonyl (C=O) groups is 1. The Labute approximate surface area is 149 Å². The Morgan fingerprint density at radius 2 is 2.17 bits per heavy atom. The highest BCUT2D eigenvalue weighted by molar-refractivity contribution is 5.85. The molecule has 1 aliphatic heterocycles. The molecule has 1 saturated heterocycles. The fourth-order valence-electron chi connectivity index (χ4n) is 2.52. The summed E-state index contributed by atoms with van der Waals surface area (Å²) in [4.78, 5) is 18.3. The Kier molecular flexibility index (Phi) is 8.66. The molecule has 0 bridgehead atoms. The zero-order chi connectivity index (χ0) is 16.8. The van der Waals surface area contributed by atoms with Crippen molar-refractivity contribution in [3.63, 3.8) is 0 Å². The first-order valence-electron chi connectivity index (χ1n) is 8.39. The van der Waals surface area contributed by atoms with Crippen LogP contribution in [0.4, 0.5) is 0 Å². The van der Waals surface area contributed by atoms with Gasteiger partial charge in [0.2, 0.25) is 11.8 Å². The third kappa shape index (κ3) is 6.03. The van der Waals surface area contributed by atoms with E-state index in [1.165, 1.54) is 0 Å². The number of hydrogen-bond donors (Lipinski definition) is 1. The zero-order valence-electron chi connectivity index (χ0n) is 14.9. The van der Waals surface area contributed by atoms with Crippen LogP contribution in [0.15, 0.2) is 4.52 Å². The lowest BCUT2D eigenvalue weighted by molar-refractivity contribution is -0.133. The third-order valence-electron chi connectivity index (χ3n) is 3.88. The van der Waals surface area contributed by atoms with Gasteiger partial charge in [0.1, 0.15) is 6.10 Å².